The van der Waals surface area contributed by atoms with Crippen molar-refractivity contribution in [3.8, 4) is 11.5 Å². The highest BCUT2D eigenvalue weighted by Gasteiger charge is 2.21. The zero-order valence-corrected chi connectivity index (χ0v) is 23.9. The molecule has 8 nitrogen and oxygen atoms in total. The third-order valence-electron chi connectivity index (χ3n) is 6.09. The van der Waals surface area contributed by atoms with E-state index in [-0.39, 0.29) is 10.9 Å². The molecule has 1 amide bonds. The summed E-state index contributed by atoms with van der Waals surface area (Å²) in [5.74, 6) is 1.44. The molecule has 0 spiro atoms. The molecule has 0 saturated carbocycles. The predicted octanol–water partition coefficient (Wildman–Crippen LogP) is 7.03. The van der Waals surface area contributed by atoms with Crippen LogP contribution in [0.2, 0.25) is 10.0 Å². The van der Waals surface area contributed by atoms with E-state index >= 15 is 0 Å². The number of thiophene rings is 1. The van der Waals surface area contributed by atoms with Gasteiger partial charge in [0.2, 0.25) is 0 Å². The van der Waals surface area contributed by atoms with Gasteiger partial charge in [-0.05, 0) is 55.9 Å². The summed E-state index contributed by atoms with van der Waals surface area (Å²) in [6, 6.07) is 9.41. The first-order valence-electron chi connectivity index (χ1n) is 12.1. The smallest absolute Gasteiger partial charge is 0.258 e. The van der Waals surface area contributed by atoms with Crippen molar-refractivity contribution < 1.29 is 14.3 Å². The molecule has 0 fully saturated rings. The number of rotatable bonds is 11. The number of carbonyl (C=O) groups is 1. The monoisotopic (exact) mass is 573 g/mol. The molecule has 4 rings (SSSR count). The maximum atomic E-state index is 13.2. The Bertz CT molecular complexity index is 1420. The number of nitrogens with zero attached hydrogens (tertiary/aromatic N) is 3. The number of methoxy groups -OCH3 is 1. The standard InChI is InChI=1S/C27H29Cl2N5O3S/c1-5-34(6-2)11-12-37-18-9-7-17(8-10-18)32-26-25-23(30-15-31-26)19(14-38-25)27(35)33-24-21(28)16(3)13-20(36-4)22(24)29/h7-10,13-15H,5-6,11-12H2,1-4H3,(H,33,35)(H,30,31,32). The first-order valence-corrected chi connectivity index (χ1v) is 13.8. The highest BCUT2D eigenvalue weighted by atomic mass is 35.5. The van der Waals surface area contributed by atoms with E-state index < -0.39 is 0 Å². The van der Waals surface area contributed by atoms with Gasteiger partial charge in [-0.1, -0.05) is 37.0 Å². The molecule has 0 saturated heterocycles. The van der Waals surface area contributed by atoms with E-state index in [1.807, 2.05) is 31.2 Å². The van der Waals surface area contributed by atoms with Crippen LogP contribution in [0.4, 0.5) is 17.2 Å². The molecule has 2 heterocycles. The van der Waals surface area contributed by atoms with Gasteiger partial charge in [0.05, 0.1) is 33.6 Å². The van der Waals surface area contributed by atoms with Crippen LogP contribution in [0.3, 0.4) is 0 Å². The molecule has 0 radical (unpaired) electrons. The minimum atomic E-state index is -0.386. The van der Waals surface area contributed by atoms with Gasteiger partial charge in [-0.2, -0.15) is 0 Å². The Hall–Kier alpha value is -3.11. The number of benzene rings is 2. The van der Waals surface area contributed by atoms with E-state index in [1.165, 1.54) is 24.8 Å². The van der Waals surface area contributed by atoms with Gasteiger partial charge >= 0.3 is 0 Å². The number of hydrogen-bond acceptors (Lipinski definition) is 8. The lowest BCUT2D eigenvalue weighted by Crippen LogP contribution is -2.27. The number of halogens is 2. The second kappa shape index (κ2) is 12.6. The van der Waals surface area contributed by atoms with E-state index in [0.29, 0.717) is 40.0 Å². The maximum absolute atomic E-state index is 13.2. The average molecular weight is 575 g/mol. The number of anilines is 3. The highest BCUT2D eigenvalue weighted by Crippen LogP contribution is 2.41. The van der Waals surface area contributed by atoms with E-state index in [0.717, 1.165) is 41.3 Å². The molecule has 2 aromatic carbocycles. The molecule has 2 aromatic heterocycles. The molecule has 0 bridgehead atoms. The lowest BCUT2D eigenvalue weighted by molar-refractivity contribution is 0.102. The lowest BCUT2D eigenvalue weighted by Gasteiger charge is -2.18. The minimum Gasteiger partial charge on any atom is -0.495 e. The number of carbonyl (C=O) groups excluding carboxylic acids is 1. The number of ether oxygens (including phenoxy) is 2. The van der Waals surface area contributed by atoms with Crippen LogP contribution in [0.15, 0.2) is 42.0 Å². The minimum absolute atomic E-state index is 0.230. The zero-order chi connectivity index (χ0) is 27.2. The lowest BCUT2D eigenvalue weighted by atomic mass is 10.2. The normalized spacial score (nSPS) is 11.1. The molecule has 0 aliphatic carbocycles. The quantitative estimate of drug-likeness (QED) is 0.199. The number of amides is 1. The molecule has 11 heteroatoms. The van der Waals surface area contributed by atoms with Gasteiger partial charge in [-0.25, -0.2) is 9.97 Å². The van der Waals surface area contributed by atoms with Crippen LogP contribution in [-0.4, -0.2) is 54.1 Å². The third-order valence-corrected chi connectivity index (χ3v) is 7.93. The molecular weight excluding hydrogens is 545 g/mol. The summed E-state index contributed by atoms with van der Waals surface area (Å²) < 4.78 is 11.9. The Morgan fingerprint density at radius 3 is 2.53 bits per heavy atom. The molecule has 0 unspecified atom stereocenters. The maximum Gasteiger partial charge on any atom is 0.258 e. The Morgan fingerprint density at radius 2 is 1.84 bits per heavy atom. The third kappa shape index (κ3) is 6.13. The van der Waals surface area contributed by atoms with Crippen molar-refractivity contribution >= 4 is 67.9 Å². The fourth-order valence-corrected chi connectivity index (χ4v) is 5.35. The van der Waals surface area contributed by atoms with Crippen LogP contribution < -0.4 is 20.1 Å². The molecule has 38 heavy (non-hydrogen) atoms. The number of aromatic nitrogens is 2. The highest BCUT2D eigenvalue weighted by molar-refractivity contribution is 7.18. The van der Waals surface area contributed by atoms with Crippen molar-refractivity contribution in [3.63, 3.8) is 0 Å². The predicted molar refractivity (Wildman–Crippen MR) is 156 cm³/mol. The zero-order valence-electron chi connectivity index (χ0n) is 21.6. The van der Waals surface area contributed by atoms with E-state index in [1.54, 1.807) is 11.4 Å². The van der Waals surface area contributed by atoms with Crippen molar-refractivity contribution in [2.75, 3.05) is 44.0 Å². The number of likely N-dealkylation sites (N-methyl/N-ethyl adjacent to an activating group) is 1. The first kappa shape index (κ1) is 27.9. The van der Waals surface area contributed by atoms with Gasteiger partial charge in [-0.3, -0.25) is 4.79 Å². The summed E-state index contributed by atoms with van der Waals surface area (Å²) in [6.45, 7) is 9.62. The number of nitrogens with one attached hydrogen (secondary N) is 2. The van der Waals surface area contributed by atoms with Crippen molar-refractivity contribution in [1.82, 2.24) is 14.9 Å². The van der Waals surface area contributed by atoms with E-state index in [2.05, 4.69) is 39.3 Å². The summed E-state index contributed by atoms with van der Waals surface area (Å²) >= 11 is 14.2. The van der Waals surface area contributed by atoms with Crippen molar-refractivity contribution in [1.29, 1.82) is 0 Å². The number of fused-ring (bicyclic) bond motifs is 1. The summed E-state index contributed by atoms with van der Waals surface area (Å²) in [4.78, 5) is 24.3. The van der Waals surface area contributed by atoms with Gasteiger partial charge < -0.3 is 25.0 Å². The van der Waals surface area contributed by atoms with Gasteiger partial charge in [0.15, 0.2) is 5.82 Å². The van der Waals surface area contributed by atoms with Crippen molar-refractivity contribution in [2.45, 2.75) is 20.8 Å². The number of hydrogen-bond donors (Lipinski definition) is 2. The Labute approximate surface area is 235 Å². The molecular formula is C27H29Cl2N5O3S. The molecule has 2 N–H and O–H groups in total. The summed E-state index contributed by atoms with van der Waals surface area (Å²) in [5.41, 5.74) is 2.77. The van der Waals surface area contributed by atoms with Crippen LogP contribution in [0.1, 0.15) is 29.8 Å². The van der Waals surface area contributed by atoms with Crippen molar-refractivity contribution in [2.24, 2.45) is 0 Å². The van der Waals surface area contributed by atoms with Gasteiger partial charge in [0, 0.05) is 17.6 Å². The molecule has 200 valence electrons. The second-order valence-electron chi connectivity index (χ2n) is 8.43. The Kier molecular flexibility index (Phi) is 9.27. The van der Waals surface area contributed by atoms with E-state index in [4.69, 9.17) is 32.7 Å². The van der Waals surface area contributed by atoms with Crippen molar-refractivity contribution in [3.05, 3.63) is 63.2 Å². The molecule has 4 aromatic rings. The van der Waals surface area contributed by atoms with Gasteiger partial charge in [-0.15, -0.1) is 11.3 Å². The van der Waals surface area contributed by atoms with E-state index in [9.17, 15) is 4.79 Å². The summed E-state index contributed by atoms with van der Waals surface area (Å²) in [6.07, 6.45) is 1.43. The molecule has 0 atom stereocenters. The van der Waals surface area contributed by atoms with Gasteiger partial charge in [0.25, 0.3) is 5.91 Å². The van der Waals surface area contributed by atoms with Crippen LogP contribution in [0, 0.1) is 6.92 Å². The van der Waals surface area contributed by atoms with Crippen LogP contribution in [0.5, 0.6) is 11.5 Å². The SMILES string of the molecule is CCN(CC)CCOc1ccc(Nc2ncnc3c(C(=O)Nc4c(Cl)c(C)cc(OC)c4Cl)csc23)cc1. The molecule has 0 aliphatic heterocycles. The Morgan fingerprint density at radius 1 is 1.11 bits per heavy atom. The fraction of sp³-hybridized carbons (Fsp3) is 0.296. The average Bonchev–Trinajstić information content (AvgIpc) is 3.37. The van der Waals surface area contributed by atoms with Crippen LogP contribution in [-0.2, 0) is 0 Å². The number of aryl methyl sites for hydroxylation is 1. The van der Waals surface area contributed by atoms with Crippen LogP contribution >= 0.6 is 34.5 Å². The van der Waals surface area contributed by atoms with Crippen LogP contribution in [0.25, 0.3) is 10.2 Å². The topological polar surface area (TPSA) is 88.6 Å². The molecule has 0 aliphatic rings. The summed E-state index contributed by atoms with van der Waals surface area (Å²) in [5, 5.41) is 8.45. The largest absolute Gasteiger partial charge is 0.495 e. The first-order chi connectivity index (χ1) is 18.4. The van der Waals surface area contributed by atoms with Gasteiger partial charge in [0.1, 0.15) is 29.5 Å². The second-order valence-corrected chi connectivity index (χ2v) is 10.1. The fourth-order valence-electron chi connectivity index (χ4n) is 3.88. The summed E-state index contributed by atoms with van der Waals surface area (Å²) in [7, 11) is 1.51. The Balaban J connectivity index is 1.49.